The average molecular weight is 283 g/mol. The Kier molecular flexibility index (Phi) is 6.80. The summed E-state index contributed by atoms with van der Waals surface area (Å²) < 4.78 is 0. The van der Waals surface area contributed by atoms with Gasteiger partial charge in [0.1, 0.15) is 0 Å². The zero-order valence-corrected chi connectivity index (χ0v) is 13.5. The molecule has 1 nitrogen and oxygen atoms in total. The van der Waals surface area contributed by atoms with Crippen molar-refractivity contribution in [3.05, 3.63) is 35.4 Å². The monoisotopic (exact) mass is 283 g/mol. The van der Waals surface area contributed by atoms with E-state index in [0.717, 1.165) is 17.4 Å². The van der Waals surface area contributed by atoms with Gasteiger partial charge in [0.05, 0.1) is 12.5 Å². The number of unbranched alkanes of at least 4 members (excludes halogenated alkanes) is 3. The topological polar surface area (TPSA) is 23.8 Å². The first kappa shape index (κ1) is 16.1. The van der Waals surface area contributed by atoms with Gasteiger partial charge in [0.25, 0.3) is 0 Å². The van der Waals surface area contributed by atoms with Crippen LogP contribution in [0.3, 0.4) is 0 Å². The van der Waals surface area contributed by atoms with E-state index in [9.17, 15) is 0 Å². The van der Waals surface area contributed by atoms with Crippen LogP contribution in [-0.2, 0) is 6.42 Å². The van der Waals surface area contributed by atoms with E-state index in [1.807, 2.05) is 0 Å². The number of rotatable bonds is 7. The van der Waals surface area contributed by atoms with Crippen molar-refractivity contribution in [2.75, 3.05) is 0 Å². The zero-order valence-electron chi connectivity index (χ0n) is 13.5. The molecule has 0 radical (unpaired) electrons. The quantitative estimate of drug-likeness (QED) is 0.563. The summed E-state index contributed by atoms with van der Waals surface area (Å²) in [6, 6.07) is 11.0. The van der Waals surface area contributed by atoms with Gasteiger partial charge in [-0.3, -0.25) is 0 Å². The minimum absolute atomic E-state index is 0.533. The molecule has 1 aliphatic carbocycles. The number of nitrogens with zero attached hydrogens (tertiary/aromatic N) is 1. The normalized spacial score (nSPS) is 21.9. The van der Waals surface area contributed by atoms with Crippen LogP contribution in [0.2, 0.25) is 0 Å². The van der Waals surface area contributed by atoms with Gasteiger partial charge in [0, 0.05) is 0 Å². The summed E-state index contributed by atoms with van der Waals surface area (Å²) in [6.45, 7) is 2.28. The Hall–Kier alpha value is -1.29. The standard InChI is InChI=1S/C20H29N/c1-2-3-4-5-6-17-7-11-19(12-8-17)20-13-9-18(10-14-20)15-16-21/h9-10,13-14,17,19H,2-8,11-12,15H2,1H3/t17-,19-. The van der Waals surface area contributed by atoms with Crippen molar-refractivity contribution < 1.29 is 0 Å². The molecule has 0 heterocycles. The maximum atomic E-state index is 8.72. The van der Waals surface area contributed by atoms with E-state index < -0.39 is 0 Å². The number of hydrogen-bond acceptors (Lipinski definition) is 1. The summed E-state index contributed by atoms with van der Waals surface area (Å²) in [7, 11) is 0. The lowest BCUT2D eigenvalue weighted by Gasteiger charge is -2.29. The van der Waals surface area contributed by atoms with Gasteiger partial charge in [-0.1, -0.05) is 63.3 Å². The summed E-state index contributed by atoms with van der Waals surface area (Å²) in [4.78, 5) is 0. The van der Waals surface area contributed by atoms with E-state index in [2.05, 4.69) is 37.3 Å². The van der Waals surface area contributed by atoms with E-state index in [1.54, 1.807) is 0 Å². The molecule has 114 valence electrons. The van der Waals surface area contributed by atoms with Crippen molar-refractivity contribution in [2.45, 2.75) is 77.0 Å². The summed E-state index contributed by atoms with van der Waals surface area (Å²) in [5, 5.41) is 8.72. The molecule has 1 saturated carbocycles. The van der Waals surface area contributed by atoms with Crippen LogP contribution >= 0.6 is 0 Å². The first-order valence-corrected chi connectivity index (χ1v) is 8.79. The van der Waals surface area contributed by atoms with Crippen LogP contribution in [0.5, 0.6) is 0 Å². The molecule has 0 aliphatic heterocycles. The minimum atomic E-state index is 0.533. The molecule has 2 rings (SSSR count). The Balaban J connectivity index is 1.74. The molecule has 1 aromatic rings. The van der Waals surface area contributed by atoms with E-state index in [-0.39, 0.29) is 0 Å². The molecule has 1 aromatic carbocycles. The Bertz CT molecular complexity index is 432. The third-order valence-corrected chi connectivity index (χ3v) is 5.05. The Labute approximate surface area is 130 Å². The minimum Gasteiger partial charge on any atom is -0.198 e. The molecule has 0 atom stereocenters. The van der Waals surface area contributed by atoms with Crippen molar-refractivity contribution in [3.8, 4) is 6.07 Å². The number of nitriles is 1. The van der Waals surface area contributed by atoms with Gasteiger partial charge < -0.3 is 0 Å². The summed E-state index contributed by atoms with van der Waals surface area (Å²) in [5.74, 6) is 1.74. The summed E-state index contributed by atoms with van der Waals surface area (Å²) >= 11 is 0. The molecule has 1 fully saturated rings. The summed E-state index contributed by atoms with van der Waals surface area (Å²) in [6.07, 6.45) is 13.1. The Morgan fingerprint density at radius 1 is 1.00 bits per heavy atom. The molecular weight excluding hydrogens is 254 g/mol. The van der Waals surface area contributed by atoms with Crippen LogP contribution < -0.4 is 0 Å². The smallest absolute Gasteiger partial charge is 0.0669 e. The first-order valence-electron chi connectivity index (χ1n) is 8.79. The molecule has 0 aromatic heterocycles. The van der Waals surface area contributed by atoms with E-state index in [1.165, 1.54) is 63.4 Å². The molecule has 0 spiro atoms. The highest BCUT2D eigenvalue weighted by atomic mass is 14.3. The molecule has 1 aliphatic rings. The SMILES string of the molecule is CCCCCC[C@H]1CC[C@H](c2ccc(CC#N)cc2)CC1. The highest BCUT2D eigenvalue weighted by Crippen LogP contribution is 2.37. The highest BCUT2D eigenvalue weighted by molar-refractivity contribution is 5.27. The predicted molar refractivity (Wildman–Crippen MR) is 89.2 cm³/mol. The molecule has 0 amide bonds. The van der Waals surface area contributed by atoms with Crippen molar-refractivity contribution in [1.82, 2.24) is 0 Å². The van der Waals surface area contributed by atoms with Gasteiger partial charge in [-0.25, -0.2) is 0 Å². The van der Waals surface area contributed by atoms with Crippen molar-refractivity contribution in [1.29, 1.82) is 5.26 Å². The third kappa shape index (κ3) is 5.20. The van der Waals surface area contributed by atoms with Gasteiger partial charge in [-0.15, -0.1) is 0 Å². The number of benzene rings is 1. The van der Waals surface area contributed by atoms with Gasteiger partial charge in [-0.2, -0.15) is 5.26 Å². The third-order valence-electron chi connectivity index (χ3n) is 5.05. The molecule has 0 unspecified atom stereocenters. The number of hydrogen-bond donors (Lipinski definition) is 0. The second-order valence-electron chi connectivity index (χ2n) is 6.64. The van der Waals surface area contributed by atoms with Crippen LogP contribution in [-0.4, -0.2) is 0 Å². The molecule has 0 N–H and O–H groups in total. The fraction of sp³-hybridized carbons (Fsp3) is 0.650. The van der Waals surface area contributed by atoms with Crippen molar-refractivity contribution in [2.24, 2.45) is 5.92 Å². The average Bonchev–Trinajstić information content (AvgIpc) is 2.53. The second-order valence-corrected chi connectivity index (χ2v) is 6.64. The lowest BCUT2D eigenvalue weighted by Crippen LogP contribution is -2.13. The maximum Gasteiger partial charge on any atom is 0.0669 e. The van der Waals surface area contributed by atoms with Gasteiger partial charge in [0.2, 0.25) is 0 Å². The van der Waals surface area contributed by atoms with Gasteiger partial charge >= 0.3 is 0 Å². The van der Waals surface area contributed by atoms with Gasteiger partial charge in [0.15, 0.2) is 0 Å². The fourth-order valence-corrected chi connectivity index (χ4v) is 3.64. The van der Waals surface area contributed by atoms with Crippen LogP contribution in [0.1, 0.15) is 81.8 Å². The lowest BCUT2D eigenvalue weighted by atomic mass is 9.77. The molecule has 0 saturated heterocycles. The molecular formula is C20H29N. The van der Waals surface area contributed by atoms with Crippen molar-refractivity contribution in [3.63, 3.8) is 0 Å². The molecule has 0 bridgehead atoms. The Morgan fingerprint density at radius 2 is 1.71 bits per heavy atom. The van der Waals surface area contributed by atoms with Crippen molar-refractivity contribution >= 4 is 0 Å². The van der Waals surface area contributed by atoms with Crippen LogP contribution in [0, 0.1) is 17.2 Å². The van der Waals surface area contributed by atoms with Gasteiger partial charge in [-0.05, 0) is 48.6 Å². The second kappa shape index (κ2) is 8.88. The first-order chi connectivity index (χ1) is 10.3. The van der Waals surface area contributed by atoms with Crippen LogP contribution in [0.25, 0.3) is 0 Å². The fourth-order valence-electron chi connectivity index (χ4n) is 3.64. The van der Waals surface area contributed by atoms with E-state index in [0.29, 0.717) is 6.42 Å². The van der Waals surface area contributed by atoms with Crippen LogP contribution in [0.15, 0.2) is 24.3 Å². The predicted octanol–water partition coefficient (Wildman–Crippen LogP) is 6.00. The summed E-state index contributed by atoms with van der Waals surface area (Å²) in [5.41, 5.74) is 2.63. The lowest BCUT2D eigenvalue weighted by molar-refractivity contribution is 0.302. The largest absolute Gasteiger partial charge is 0.198 e. The highest BCUT2D eigenvalue weighted by Gasteiger charge is 2.21. The molecule has 1 heteroatoms. The van der Waals surface area contributed by atoms with Crippen LogP contribution in [0.4, 0.5) is 0 Å². The zero-order chi connectivity index (χ0) is 14.9. The van der Waals surface area contributed by atoms with E-state index in [4.69, 9.17) is 5.26 Å². The maximum absolute atomic E-state index is 8.72. The van der Waals surface area contributed by atoms with E-state index >= 15 is 0 Å². The molecule has 21 heavy (non-hydrogen) atoms. The Morgan fingerprint density at radius 3 is 2.33 bits per heavy atom.